The third-order valence-corrected chi connectivity index (χ3v) is 2.46. The largest absolute Gasteiger partial charge is 0.421 e. The number of carbonyl (C=O) groups is 1. The molecule has 4 heteroatoms. The van der Waals surface area contributed by atoms with Crippen LogP contribution in [0.3, 0.4) is 0 Å². The zero-order valence-corrected chi connectivity index (χ0v) is 9.14. The van der Waals surface area contributed by atoms with E-state index in [1.807, 2.05) is 12.1 Å². The van der Waals surface area contributed by atoms with E-state index in [2.05, 4.69) is 6.58 Å². The van der Waals surface area contributed by atoms with Gasteiger partial charge in [0, 0.05) is 17.1 Å². The van der Waals surface area contributed by atoms with Crippen molar-refractivity contribution in [3.63, 3.8) is 0 Å². The monoisotopic (exact) mass is 228 g/mol. The number of nitrogen functional groups attached to an aromatic ring is 2. The normalized spacial score (nSPS) is 10.1. The molecule has 0 bridgehead atoms. The van der Waals surface area contributed by atoms with Crippen LogP contribution in [0, 0.1) is 0 Å². The molecule has 0 aliphatic heterocycles. The molecule has 0 atom stereocenters. The molecule has 0 saturated carbocycles. The molecular formula is C13H12N2O2. The maximum atomic E-state index is 11.1. The minimum Gasteiger partial charge on any atom is -0.421 e. The molecule has 86 valence electrons. The minimum atomic E-state index is -0.550. The molecule has 0 unspecified atom stereocenters. The van der Waals surface area contributed by atoms with Crippen molar-refractivity contribution in [2.24, 2.45) is 0 Å². The topological polar surface area (TPSA) is 78.3 Å². The maximum absolute atomic E-state index is 11.1. The van der Waals surface area contributed by atoms with E-state index < -0.39 is 5.97 Å². The fourth-order valence-electron chi connectivity index (χ4n) is 1.66. The number of nitrogens with two attached hydrogens (primary N) is 2. The molecule has 0 aliphatic rings. The summed E-state index contributed by atoms with van der Waals surface area (Å²) in [6.07, 6.45) is 1.08. The SMILES string of the molecule is C=CC(=O)Oc1ccc2cccc(N)c2c1N. The Morgan fingerprint density at radius 1 is 1.24 bits per heavy atom. The predicted molar refractivity (Wildman–Crippen MR) is 68.6 cm³/mol. The van der Waals surface area contributed by atoms with Gasteiger partial charge in [-0.2, -0.15) is 0 Å². The van der Waals surface area contributed by atoms with Crippen LogP contribution < -0.4 is 16.2 Å². The van der Waals surface area contributed by atoms with E-state index in [1.54, 1.807) is 18.2 Å². The van der Waals surface area contributed by atoms with Crippen molar-refractivity contribution < 1.29 is 9.53 Å². The van der Waals surface area contributed by atoms with Gasteiger partial charge in [0.15, 0.2) is 5.75 Å². The number of hydrogen-bond donors (Lipinski definition) is 2. The number of carbonyl (C=O) groups excluding carboxylic acids is 1. The van der Waals surface area contributed by atoms with Gasteiger partial charge in [0.2, 0.25) is 0 Å². The van der Waals surface area contributed by atoms with Crippen LogP contribution in [-0.4, -0.2) is 5.97 Å². The van der Waals surface area contributed by atoms with Crippen molar-refractivity contribution in [2.75, 3.05) is 11.5 Å². The van der Waals surface area contributed by atoms with Crippen molar-refractivity contribution in [3.05, 3.63) is 43.0 Å². The summed E-state index contributed by atoms with van der Waals surface area (Å²) in [6.45, 7) is 3.33. The van der Waals surface area contributed by atoms with Crippen LogP contribution in [0.25, 0.3) is 10.8 Å². The standard InChI is InChI=1S/C13H12N2O2/c1-2-11(16)17-10-7-6-8-4-3-5-9(14)12(8)13(10)15/h2-7H,1,14-15H2. The van der Waals surface area contributed by atoms with Crippen LogP contribution in [-0.2, 0) is 4.79 Å². The molecule has 17 heavy (non-hydrogen) atoms. The summed E-state index contributed by atoms with van der Waals surface area (Å²) in [6, 6.07) is 8.91. The zero-order valence-electron chi connectivity index (χ0n) is 9.14. The lowest BCUT2D eigenvalue weighted by atomic mass is 10.1. The van der Waals surface area contributed by atoms with Crippen LogP contribution in [0.5, 0.6) is 5.75 Å². The van der Waals surface area contributed by atoms with Gasteiger partial charge in [0.1, 0.15) is 0 Å². The van der Waals surface area contributed by atoms with Gasteiger partial charge in [0.05, 0.1) is 5.69 Å². The van der Waals surface area contributed by atoms with Crippen molar-refractivity contribution in [3.8, 4) is 5.75 Å². The summed E-state index contributed by atoms with van der Waals surface area (Å²) < 4.78 is 5.02. The average Bonchev–Trinajstić information content (AvgIpc) is 2.32. The molecular weight excluding hydrogens is 216 g/mol. The highest BCUT2D eigenvalue weighted by Crippen LogP contribution is 2.34. The third-order valence-electron chi connectivity index (χ3n) is 2.46. The number of esters is 1. The van der Waals surface area contributed by atoms with Crippen molar-refractivity contribution in [1.29, 1.82) is 0 Å². The second-order valence-electron chi connectivity index (χ2n) is 3.55. The molecule has 0 fully saturated rings. The van der Waals surface area contributed by atoms with Crippen molar-refractivity contribution in [1.82, 2.24) is 0 Å². The Bertz CT molecular complexity index is 606. The Morgan fingerprint density at radius 2 is 2.00 bits per heavy atom. The molecule has 0 amide bonds. The molecule has 2 rings (SSSR count). The lowest BCUT2D eigenvalue weighted by Crippen LogP contribution is -2.06. The van der Waals surface area contributed by atoms with Gasteiger partial charge in [-0.3, -0.25) is 0 Å². The second kappa shape index (κ2) is 4.17. The maximum Gasteiger partial charge on any atom is 0.335 e. The summed E-state index contributed by atoms with van der Waals surface area (Å²) in [7, 11) is 0. The number of hydrogen-bond acceptors (Lipinski definition) is 4. The molecule has 4 N–H and O–H groups in total. The summed E-state index contributed by atoms with van der Waals surface area (Å²) in [4.78, 5) is 11.1. The van der Waals surface area contributed by atoms with Gasteiger partial charge in [0.25, 0.3) is 0 Å². The van der Waals surface area contributed by atoms with Crippen LogP contribution in [0.2, 0.25) is 0 Å². The number of ether oxygens (including phenoxy) is 1. The lowest BCUT2D eigenvalue weighted by molar-refractivity contribution is -0.128. The molecule has 2 aromatic rings. The Labute approximate surface area is 98.5 Å². The van der Waals surface area contributed by atoms with Crippen molar-refractivity contribution >= 4 is 28.1 Å². The van der Waals surface area contributed by atoms with Crippen LogP contribution in [0.4, 0.5) is 11.4 Å². The van der Waals surface area contributed by atoms with Gasteiger partial charge in [-0.05, 0) is 17.5 Å². The predicted octanol–water partition coefficient (Wildman–Crippen LogP) is 2.10. The molecule has 0 saturated heterocycles. The summed E-state index contributed by atoms with van der Waals surface area (Å²) >= 11 is 0. The van der Waals surface area contributed by atoms with E-state index in [-0.39, 0.29) is 0 Å². The first-order valence-corrected chi connectivity index (χ1v) is 5.04. The van der Waals surface area contributed by atoms with E-state index in [1.165, 1.54) is 0 Å². The first kappa shape index (κ1) is 11.0. The highest BCUT2D eigenvalue weighted by atomic mass is 16.5. The number of benzene rings is 2. The molecule has 0 aromatic heterocycles. The fourth-order valence-corrected chi connectivity index (χ4v) is 1.66. The van der Waals surface area contributed by atoms with Gasteiger partial charge in [-0.1, -0.05) is 24.8 Å². The zero-order chi connectivity index (χ0) is 12.4. The highest BCUT2D eigenvalue weighted by molar-refractivity contribution is 6.04. The fraction of sp³-hybridized carbons (Fsp3) is 0. The molecule has 0 aliphatic carbocycles. The quantitative estimate of drug-likeness (QED) is 0.357. The molecule has 0 heterocycles. The Kier molecular flexibility index (Phi) is 2.70. The smallest absolute Gasteiger partial charge is 0.335 e. The van der Waals surface area contributed by atoms with Crippen LogP contribution in [0.15, 0.2) is 43.0 Å². The number of rotatable bonds is 2. The van der Waals surface area contributed by atoms with E-state index >= 15 is 0 Å². The van der Waals surface area contributed by atoms with Gasteiger partial charge < -0.3 is 16.2 Å². The van der Waals surface area contributed by atoms with Gasteiger partial charge in [-0.25, -0.2) is 4.79 Å². The molecule has 4 nitrogen and oxygen atoms in total. The average molecular weight is 228 g/mol. The third kappa shape index (κ3) is 1.92. The van der Waals surface area contributed by atoms with Gasteiger partial charge in [-0.15, -0.1) is 0 Å². The van der Waals surface area contributed by atoms with Crippen LogP contribution >= 0.6 is 0 Å². The summed E-state index contributed by atoms with van der Waals surface area (Å²) in [5.41, 5.74) is 12.7. The first-order chi connectivity index (χ1) is 8.13. The first-order valence-electron chi connectivity index (χ1n) is 5.04. The van der Waals surface area contributed by atoms with E-state index in [9.17, 15) is 4.79 Å². The Morgan fingerprint density at radius 3 is 2.71 bits per heavy atom. The summed E-state index contributed by atoms with van der Waals surface area (Å²) in [5, 5.41) is 1.60. The van der Waals surface area contributed by atoms with Crippen LogP contribution in [0.1, 0.15) is 0 Å². The highest BCUT2D eigenvalue weighted by Gasteiger charge is 2.10. The van der Waals surface area contributed by atoms with E-state index in [0.29, 0.717) is 22.5 Å². The van der Waals surface area contributed by atoms with Crippen molar-refractivity contribution in [2.45, 2.75) is 0 Å². The molecule has 0 radical (unpaired) electrons. The Balaban J connectivity index is 2.60. The van der Waals surface area contributed by atoms with E-state index in [0.717, 1.165) is 11.5 Å². The summed E-state index contributed by atoms with van der Waals surface area (Å²) in [5.74, 6) is -0.258. The molecule has 2 aromatic carbocycles. The second-order valence-corrected chi connectivity index (χ2v) is 3.55. The minimum absolute atomic E-state index is 0.292. The molecule has 0 spiro atoms. The number of fused-ring (bicyclic) bond motifs is 1. The number of anilines is 2. The lowest BCUT2D eigenvalue weighted by Gasteiger charge is -2.10. The van der Waals surface area contributed by atoms with Gasteiger partial charge >= 0.3 is 5.97 Å². The Hall–Kier alpha value is -2.49. The van der Waals surface area contributed by atoms with E-state index in [4.69, 9.17) is 16.2 Å².